The third-order valence-electron chi connectivity index (χ3n) is 5.66. The molecule has 4 aromatic heterocycles. The molecule has 194 valence electrons. The van der Waals surface area contributed by atoms with Crippen LogP contribution >= 0.6 is 22.7 Å². The molecule has 0 atom stereocenters. The molecule has 0 spiro atoms. The van der Waals surface area contributed by atoms with E-state index < -0.39 is 0 Å². The molecular weight excluding hydrogens is 500 g/mol. The zero-order valence-corrected chi connectivity index (χ0v) is 23.7. The van der Waals surface area contributed by atoms with Crippen molar-refractivity contribution in [2.75, 3.05) is 30.9 Å². The van der Waals surface area contributed by atoms with Crippen LogP contribution in [0.2, 0.25) is 0 Å². The molecule has 0 aliphatic heterocycles. The van der Waals surface area contributed by atoms with Gasteiger partial charge in [0.25, 0.3) is 0 Å². The topological polar surface area (TPSA) is 84.9 Å². The molecule has 37 heavy (non-hydrogen) atoms. The normalized spacial score (nSPS) is 10.9. The second-order valence-electron chi connectivity index (χ2n) is 8.59. The van der Waals surface area contributed by atoms with Crippen LogP contribution in [0.1, 0.15) is 40.8 Å². The van der Waals surface area contributed by atoms with E-state index in [1.807, 2.05) is 6.07 Å². The van der Waals surface area contributed by atoms with Crippen LogP contribution in [0.15, 0.2) is 42.5 Å². The smallest absolute Gasteiger partial charge is 0.138 e. The fourth-order valence-corrected chi connectivity index (χ4v) is 5.61. The van der Waals surface area contributed by atoms with E-state index in [2.05, 4.69) is 94.7 Å². The van der Waals surface area contributed by atoms with Crippen molar-refractivity contribution < 1.29 is 4.74 Å². The van der Waals surface area contributed by atoms with Crippen molar-refractivity contribution in [1.82, 2.24) is 19.9 Å². The monoisotopic (exact) mass is 534 g/mol. The third-order valence-corrected chi connectivity index (χ3v) is 7.55. The number of hydrogen-bond donors (Lipinski definition) is 2. The first-order valence-corrected chi connectivity index (χ1v) is 14.2. The number of nitrogens with one attached hydrogen (secondary N) is 2. The largest absolute Gasteiger partial charge is 0.383 e. The Hall–Kier alpha value is -3.14. The minimum atomic E-state index is 0.677. The van der Waals surface area contributed by atoms with Crippen molar-refractivity contribution in [1.29, 1.82) is 0 Å². The highest BCUT2D eigenvalue weighted by Crippen LogP contribution is 2.29. The van der Waals surface area contributed by atoms with Crippen LogP contribution in [-0.2, 0) is 24.1 Å². The number of rotatable bonds is 9. The maximum absolute atomic E-state index is 5.03. The van der Waals surface area contributed by atoms with Crippen molar-refractivity contribution in [2.45, 2.75) is 47.1 Å². The van der Waals surface area contributed by atoms with Gasteiger partial charge in [0, 0.05) is 42.8 Å². The Morgan fingerprint density at radius 3 is 1.81 bits per heavy atom. The molecule has 7 nitrogen and oxygen atoms in total. The van der Waals surface area contributed by atoms with Crippen LogP contribution in [0.4, 0.5) is 11.6 Å². The number of aryl methyl sites for hydroxylation is 4. The van der Waals surface area contributed by atoms with E-state index in [0.29, 0.717) is 6.61 Å². The molecule has 0 unspecified atom stereocenters. The lowest BCUT2D eigenvalue weighted by atomic mass is 10.2. The summed E-state index contributed by atoms with van der Waals surface area (Å²) in [6.07, 6.45) is 1.71. The molecule has 9 heteroatoms. The minimum absolute atomic E-state index is 0.677. The van der Waals surface area contributed by atoms with Gasteiger partial charge in [-0.2, -0.15) is 0 Å². The van der Waals surface area contributed by atoms with Gasteiger partial charge in [-0.3, -0.25) is 0 Å². The van der Waals surface area contributed by atoms with Gasteiger partial charge in [0.2, 0.25) is 0 Å². The van der Waals surface area contributed by atoms with E-state index >= 15 is 0 Å². The summed E-state index contributed by atoms with van der Waals surface area (Å²) < 4.78 is 5.03. The fraction of sp³-hybridized carbons (Fsp3) is 0.357. The van der Waals surface area contributed by atoms with Crippen molar-refractivity contribution in [2.24, 2.45) is 0 Å². The van der Waals surface area contributed by atoms with E-state index in [0.717, 1.165) is 69.6 Å². The molecular formula is C28H34N6OS2. The zero-order valence-electron chi connectivity index (χ0n) is 22.1. The minimum Gasteiger partial charge on any atom is -0.383 e. The van der Waals surface area contributed by atoms with Gasteiger partial charge in [-0.15, -0.1) is 22.7 Å². The summed E-state index contributed by atoms with van der Waals surface area (Å²) in [7, 11) is 1.70. The van der Waals surface area contributed by atoms with Crippen molar-refractivity contribution in [3.05, 3.63) is 69.4 Å². The molecule has 5 rings (SSSR count). The fourth-order valence-electron chi connectivity index (χ4n) is 3.81. The summed E-state index contributed by atoms with van der Waals surface area (Å²) in [6, 6.07) is 14.7. The van der Waals surface area contributed by atoms with Crippen molar-refractivity contribution in [3.63, 3.8) is 0 Å². The molecule has 0 bridgehead atoms. The van der Waals surface area contributed by atoms with Crippen LogP contribution in [-0.4, -0.2) is 40.2 Å². The van der Waals surface area contributed by atoms with Gasteiger partial charge in [-0.05, 0) is 31.5 Å². The number of aromatic nitrogens is 4. The van der Waals surface area contributed by atoms with E-state index in [-0.39, 0.29) is 0 Å². The van der Waals surface area contributed by atoms with Crippen molar-refractivity contribution in [3.8, 4) is 0 Å². The van der Waals surface area contributed by atoms with Crippen LogP contribution in [0, 0.1) is 13.8 Å². The van der Waals surface area contributed by atoms with Gasteiger partial charge >= 0.3 is 0 Å². The van der Waals surface area contributed by atoms with Gasteiger partial charge in [0.05, 0.1) is 17.4 Å². The molecule has 0 amide bonds. The van der Waals surface area contributed by atoms with Crippen LogP contribution < -0.4 is 10.6 Å². The first-order chi connectivity index (χ1) is 18.0. The summed E-state index contributed by atoms with van der Waals surface area (Å²) >= 11 is 3.44. The van der Waals surface area contributed by atoms with Gasteiger partial charge in [-0.25, -0.2) is 19.9 Å². The highest BCUT2D eigenvalue weighted by Gasteiger charge is 2.10. The second-order valence-corrected chi connectivity index (χ2v) is 11.1. The molecule has 0 saturated heterocycles. The van der Waals surface area contributed by atoms with E-state index in [1.165, 1.54) is 15.3 Å². The highest BCUT2D eigenvalue weighted by atomic mass is 32.1. The first-order valence-electron chi connectivity index (χ1n) is 12.5. The Morgan fingerprint density at radius 2 is 1.30 bits per heavy atom. The van der Waals surface area contributed by atoms with Crippen molar-refractivity contribution >= 4 is 54.7 Å². The Labute approximate surface area is 226 Å². The molecule has 0 aliphatic carbocycles. The zero-order chi connectivity index (χ0) is 26.2. The van der Waals surface area contributed by atoms with Gasteiger partial charge in [0.1, 0.15) is 32.9 Å². The molecule has 4 heterocycles. The number of anilines is 2. The summed E-state index contributed by atoms with van der Waals surface area (Å²) in [5, 5.41) is 8.99. The molecule has 5 aromatic rings. The predicted molar refractivity (Wildman–Crippen MR) is 157 cm³/mol. The average molecular weight is 535 g/mol. The second kappa shape index (κ2) is 12.9. The summed E-state index contributed by atoms with van der Waals surface area (Å²) in [6.45, 7) is 10.6. The van der Waals surface area contributed by atoms with Gasteiger partial charge < -0.3 is 15.4 Å². The number of thiophene rings is 2. The predicted octanol–water partition coefficient (Wildman–Crippen LogP) is 6.79. The van der Waals surface area contributed by atoms with E-state index in [4.69, 9.17) is 4.74 Å². The SMILES string of the molecule is CCc1nc(NCCOC)c2cc(C)sc2n1.CCc1nc(NCc2ccccc2)c2cc(C)sc2n1. The molecule has 0 aliphatic rings. The average Bonchev–Trinajstić information content (AvgIpc) is 3.48. The molecule has 0 fully saturated rings. The van der Waals surface area contributed by atoms with Gasteiger partial charge in [0.15, 0.2) is 0 Å². The lowest BCUT2D eigenvalue weighted by Crippen LogP contribution is -2.10. The lowest BCUT2D eigenvalue weighted by molar-refractivity contribution is 0.210. The number of fused-ring (bicyclic) bond motifs is 2. The summed E-state index contributed by atoms with van der Waals surface area (Å²) in [5.74, 6) is 3.66. The van der Waals surface area contributed by atoms with E-state index in [1.54, 1.807) is 29.8 Å². The van der Waals surface area contributed by atoms with Gasteiger partial charge in [-0.1, -0.05) is 44.2 Å². The first kappa shape index (κ1) is 26.9. The quantitative estimate of drug-likeness (QED) is 0.201. The molecule has 2 N–H and O–H groups in total. The Balaban J connectivity index is 0.000000176. The number of methoxy groups -OCH3 is 1. The van der Waals surface area contributed by atoms with Crippen LogP contribution in [0.5, 0.6) is 0 Å². The van der Waals surface area contributed by atoms with Crippen LogP contribution in [0.25, 0.3) is 20.4 Å². The highest BCUT2D eigenvalue weighted by molar-refractivity contribution is 7.19. The maximum atomic E-state index is 5.03. The number of benzene rings is 1. The number of nitrogens with zero attached hydrogens (tertiary/aromatic N) is 4. The Morgan fingerprint density at radius 1 is 0.757 bits per heavy atom. The summed E-state index contributed by atoms with van der Waals surface area (Å²) in [4.78, 5) is 23.0. The lowest BCUT2D eigenvalue weighted by Gasteiger charge is -2.08. The molecule has 0 radical (unpaired) electrons. The third kappa shape index (κ3) is 7.00. The van der Waals surface area contributed by atoms with E-state index in [9.17, 15) is 0 Å². The summed E-state index contributed by atoms with van der Waals surface area (Å²) in [5.41, 5.74) is 1.25. The molecule has 0 saturated carbocycles. The van der Waals surface area contributed by atoms with Crippen LogP contribution in [0.3, 0.4) is 0 Å². The number of hydrogen-bond acceptors (Lipinski definition) is 9. The Kier molecular flexibility index (Phi) is 9.38. The molecule has 1 aromatic carbocycles. The number of ether oxygens (including phenoxy) is 1. The standard InChI is InChI=1S/C16H17N3S.C12H17N3OS/c1-3-14-18-15(13-9-11(2)20-16(13)19-14)17-10-12-7-5-4-6-8-12;1-4-10-14-11(13-5-6-16-3)9-7-8(2)17-12(9)15-10/h4-9H,3,10H2,1-2H3,(H,17,18,19);7H,4-6H2,1-3H3,(H,13,14,15). The Bertz CT molecular complexity index is 1450. The maximum Gasteiger partial charge on any atom is 0.138 e.